The van der Waals surface area contributed by atoms with Gasteiger partial charge in [-0.3, -0.25) is 4.57 Å². The third-order valence-corrected chi connectivity index (χ3v) is 6.71. The second kappa shape index (κ2) is 8.62. The van der Waals surface area contributed by atoms with E-state index >= 15 is 0 Å². The van der Waals surface area contributed by atoms with Crippen LogP contribution in [0.5, 0.6) is 0 Å². The van der Waals surface area contributed by atoms with Crippen LogP contribution in [-0.4, -0.2) is 14.5 Å². The Morgan fingerprint density at radius 3 is 2.27 bits per heavy atom. The number of para-hydroxylation sites is 2. The fourth-order valence-corrected chi connectivity index (χ4v) is 5.02. The summed E-state index contributed by atoms with van der Waals surface area (Å²) in [6.45, 7) is 0.977. The minimum atomic E-state index is 0.426. The minimum absolute atomic E-state index is 0.426. The second-order valence-corrected chi connectivity index (χ2v) is 8.90. The first kappa shape index (κ1) is 19.9. The first-order chi connectivity index (χ1) is 16.3. The van der Waals surface area contributed by atoms with Crippen LogP contribution in [0.3, 0.4) is 0 Å². The zero-order valence-corrected chi connectivity index (χ0v) is 18.7. The molecule has 2 aromatic heterocycles. The summed E-state index contributed by atoms with van der Waals surface area (Å²) in [5, 5.41) is 1.01. The van der Waals surface area contributed by atoms with E-state index < -0.39 is 0 Å². The molecule has 0 atom stereocenters. The molecule has 0 fully saturated rings. The van der Waals surface area contributed by atoms with Crippen LogP contribution in [0.4, 0.5) is 0 Å². The number of ether oxygens (including phenoxy) is 1. The molecule has 33 heavy (non-hydrogen) atoms. The van der Waals surface area contributed by atoms with Crippen molar-refractivity contribution in [2.24, 2.45) is 0 Å². The normalized spacial score (nSPS) is 11.4. The van der Waals surface area contributed by atoms with Crippen molar-refractivity contribution in [2.75, 3.05) is 0 Å². The van der Waals surface area contributed by atoms with Crippen LogP contribution < -0.4 is 0 Å². The van der Waals surface area contributed by atoms with Gasteiger partial charge in [-0.1, -0.05) is 60.7 Å². The van der Waals surface area contributed by atoms with Gasteiger partial charge in [-0.25, -0.2) is 9.97 Å². The first-order valence-corrected chi connectivity index (χ1v) is 11.7. The summed E-state index contributed by atoms with van der Waals surface area (Å²) in [5.74, 6) is 0.883. The predicted molar refractivity (Wildman–Crippen MR) is 135 cm³/mol. The van der Waals surface area contributed by atoms with Gasteiger partial charge < -0.3 is 4.74 Å². The molecule has 0 aliphatic rings. The van der Waals surface area contributed by atoms with Gasteiger partial charge in [0.25, 0.3) is 0 Å². The summed E-state index contributed by atoms with van der Waals surface area (Å²) in [6.07, 6.45) is 0. The summed E-state index contributed by atoms with van der Waals surface area (Å²) in [6, 6.07) is 35.2. The minimum Gasteiger partial charge on any atom is -0.369 e. The summed E-state index contributed by atoms with van der Waals surface area (Å²) in [7, 11) is 0. The highest BCUT2D eigenvalue weighted by atomic mass is 32.1. The second-order valence-electron chi connectivity index (χ2n) is 7.87. The molecule has 0 N–H and O–H groups in total. The Bertz CT molecular complexity index is 1500. The monoisotopic (exact) mass is 447 g/mol. The van der Waals surface area contributed by atoms with E-state index in [1.54, 1.807) is 11.3 Å². The fourth-order valence-electron chi connectivity index (χ4n) is 4.06. The highest BCUT2D eigenvalue weighted by molar-refractivity contribution is 7.21. The van der Waals surface area contributed by atoms with Crippen molar-refractivity contribution in [3.8, 4) is 16.3 Å². The van der Waals surface area contributed by atoms with E-state index in [4.69, 9.17) is 14.7 Å². The maximum absolute atomic E-state index is 6.06. The molecule has 2 heterocycles. The van der Waals surface area contributed by atoms with Crippen molar-refractivity contribution in [1.82, 2.24) is 14.5 Å². The van der Waals surface area contributed by atoms with Gasteiger partial charge in [-0.2, -0.15) is 0 Å². The lowest BCUT2D eigenvalue weighted by atomic mass is 10.2. The fraction of sp³-hybridized carbons (Fsp3) is 0.0714. The van der Waals surface area contributed by atoms with E-state index in [2.05, 4.69) is 65.2 Å². The Hall–Kier alpha value is -3.80. The molecule has 4 aromatic carbocycles. The van der Waals surface area contributed by atoms with Crippen LogP contribution >= 0.6 is 11.3 Å². The topological polar surface area (TPSA) is 39.9 Å². The maximum Gasteiger partial charge on any atom is 0.140 e. The molecule has 4 nitrogen and oxygen atoms in total. The molecule has 0 saturated carbocycles. The van der Waals surface area contributed by atoms with Crippen molar-refractivity contribution in [3.05, 3.63) is 115 Å². The average Bonchev–Trinajstić information content (AvgIpc) is 3.46. The zero-order chi connectivity index (χ0) is 22.0. The molecule has 5 heteroatoms. The quantitative estimate of drug-likeness (QED) is 0.275. The molecule has 0 aliphatic heterocycles. The summed E-state index contributed by atoms with van der Waals surface area (Å²) < 4.78 is 9.43. The molecule has 0 radical (unpaired) electrons. The van der Waals surface area contributed by atoms with Crippen molar-refractivity contribution in [1.29, 1.82) is 0 Å². The highest BCUT2D eigenvalue weighted by Gasteiger charge is 2.15. The molecule has 0 aliphatic carbocycles. The van der Waals surface area contributed by atoms with Crippen LogP contribution in [0, 0.1) is 0 Å². The van der Waals surface area contributed by atoms with Crippen molar-refractivity contribution in [3.63, 3.8) is 0 Å². The van der Waals surface area contributed by atoms with Crippen molar-refractivity contribution in [2.45, 2.75) is 13.2 Å². The number of hydrogen-bond acceptors (Lipinski definition) is 4. The van der Waals surface area contributed by atoms with Gasteiger partial charge in [-0.05, 0) is 48.0 Å². The lowest BCUT2D eigenvalue weighted by molar-refractivity contribution is 0.101. The lowest BCUT2D eigenvalue weighted by Crippen LogP contribution is -2.04. The number of imidazole rings is 1. The smallest absolute Gasteiger partial charge is 0.140 e. The van der Waals surface area contributed by atoms with E-state index in [0.717, 1.165) is 44.2 Å². The van der Waals surface area contributed by atoms with E-state index in [9.17, 15) is 0 Å². The predicted octanol–water partition coefficient (Wildman–Crippen LogP) is 7.02. The molecule has 0 unspecified atom stereocenters. The Kier molecular flexibility index (Phi) is 5.19. The van der Waals surface area contributed by atoms with Gasteiger partial charge in [0.05, 0.1) is 27.9 Å². The number of thiazole rings is 1. The molecule has 0 amide bonds. The summed E-state index contributed by atoms with van der Waals surface area (Å²) in [4.78, 5) is 9.79. The van der Waals surface area contributed by atoms with Gasteiger partial charge in [0, 0.05) is 11.3 Å². The van der Waals surface area contributed by atoms with Crippen LogP contribution in [0.25, 0.3) is 37.5 Å². The van der Waals surface area contributed by atoms with Gasteiger partial charge >= 0.3 is 0 Å². The lowest BCUT2D eigenvalue weighted by Gasteiger charge is -2.10. The van der Waals surface area contributed by atoms with E-state index in [1.807, 2.05) is 42.5 Å². The molecule has 6 aromatic rings. The third-order valence-electron chi connectivity index (χ3n) is 5.62. The highest BCUT2D eigenvalue weighted by Crippen LogP contribution is 2.32. The van der Waals surface area contributed by atoms with Crippen LogP contribution in [0.15, 0.2) is 103 Å². The van der Waals surface area contributed by atoms with Gasteiger partial charge in [0.15, 0.2) is 0 Å². The first-order valence-electron chi connectivity index (χ1n) is 10.9. The Balaban J connectivity index is 1.39. The number of rotatable bonds is 6. The van der Waals surface area contributed by atoms with Crippen molar-refractivity contribution < 1.29 is 4.74 Å². The molecular formula is C28H21N3OS. The largest absolute Gasteiger partial charge is 0.369 e. The van der Waals surface area contributed by atoms with Gasteiger partial charge in [-0.15, -0.1) is 11.3 Å². The number of benzene rings is 4. The third kappa shape index (κ3) is 3.93. The standard InChI is InChI=1S/C28H21N3OS/c1-3-9-20(10-4-1)18-32-19-27-29-24-17-21(28-30-23-13-7-8-14-26(23)33-28)15-16-25(24)31(27)22-11-5-2-6-12-22/h1-17H,18-19H2. The molecule has 0 saturated heterocycles. The molecule has 0 spiro atoms. The Morgan fingerprint density at radius 2 is 1.45 bits per heavy atom. The SMILES string of the molecule is c1ccc(COCc2nc3cc(-c4nc5ccccc5s4)ccc3n2-c2ccccc2)cc1. The number of aromatic nitrogens is 3. The number of nitrogens with zero attached hydrogens (tertiary/aromatic N) is 3. The number of hydrogen-bond donors (Lipinski definition) is 0. The van der Waals surface area contributed by atoms with Crippen molar-refractivity contribution >= 4 is 32.6 Å². The van der Waals surface area contributed by atoms with E-state index in [-0.39, 0.29) is 0 Å². The van der Waals surface area contributed by atoms with Crippen LogP contribution in [0.2, 0.25) is 0 Å². The van der Waals surface area contributed by atoms with Crippen LogP contribution in [0.1, 0.15) is 11.4 Å². The summed E-state index contributed by atoms with van der Waals surface area (Å²) >= 11 is 1.71. The molecular weight excluding hydrogens is 426 g/mol. The molecule has 6 rings (SSSR count). The van der Waals surface area contributed by atoms with Crippen LogP contribution in [-0.2, 0) is 18.0 Å². The van der Waals surface area contributed by atoms with Gasteiger partial charge in [0.2, 0.25) is 0 Å². The van der Waals surface area contributed by atoms with E-state index in [1.165, 1.54) is 4.70 Å². The number of fused-ring (bicyclic) bond motifs is 2. The summed E-state index contributed by atoms with van der Waals surface area (Å²) in [5.41, 5.74) is 6.34. The molecule has 0 bridgehead atoms. The Labute approximate surface area is 195 Å². The maximum atomic E-state index is 6.06. The Morgan fingerprint density at radius 1 is 0.697 bits per heavy atom. The van der Waals surface area contributed by atoms with Gasteiger partial charge in [0.1, 0.15) is 17.4 Å². The molecule has 160 valence electrons. The average molecular weight is 448 g/mol. The zero-order valence-electron chi connectivity index (χ0n) is 17.9. The van der Waals surface area contributed by atoms with E-state index in [0.29, 0.717) is 13.2 Å².